The van der Waals surface area contributed by atoms with Crippen LogP contribution in [0.2, 0.25) is 0 Å². The van der Waals surface area contributed by atoms with Crippen molar-refractivity contribution in [3.05, 3.63) is 269 Å². The Morgan fingerprint density at radius 2 is 0.701 bits per heavy atom. The molecule has 0 saturated heterocycles. The van der Waals surface area contributed by atoms with Crippen molar-refractivity contribution in [1.82, 2.24) is 9.13 Å². The molecule has 0 unspecified atom stereocenters. The Labute approximate surface area is 705 Å². The van der Waals surface area contributed by atoms with E-state index >= 15 is 0 Å². The number of hydrogen-bond donors (Lipinski definition) is 0. The lowest BCUT2D eigenvalue weighted by Gasteiger charge is -2.34. The van der Waals surface area contributed by atoms with E-state index in [-0.39, 0.29) is 10.8 Å². The van der Waals surface area contributed by atoms with E-state index < -0.39 is 0 Å². The van der Waals surface area contributed by atoms with Gasteiger partial charge in [-0.15, -0.1) is 0 Å². The summed E-state index contributed by atoms with van der Waals surface area (Å²) in [6, 6.07) is 89.1. The highest BCUT2D eigenvalue weighted by atomic mass is 15.1. The maximum atomic E-state index is 2.82. The zero-order valence-electron chi connectivity index (χ0n) is 73.1. The van der Waals surface area contributed by atoms with Crippen LogP contribution in [0.5, 0.6) is 0 Å². The molecule has 0 aliphatic heterocycles. The predicted molar refractivity (Wildman–Crippen MR) is 510 cm³/mol. The van der Waals surface area contributed by atoms with Crippen LogP contribution in [0.15, 0.2) is 224 Å². The zero-order valence-corrected chi connectivity index (χ0v) is 73.1. The van der Waals surface area contributed by atoms with E-state index in [4.69, 9.17) is 0 Å². The molecule has 117 heavy (non-hydrogen) atoms. The third-order valence-electron chi connectivity index (χ3n) is 27.6. The minimum absolute atomic E-state index is 0.0522. The fourth-order valence-electron chi connectivity index (χ4n) is 21.5. The standard InChI is InChI=1S/C114H137N3/c1-9-15-21-27-31-44-76-113(77-45-32-28-22-16-10-2)101-73-75-106-110(98-52-40-42-54-104(98)116(106)94-68-66-93(67-69-94)115(91-62-56-84(7)57-63-91)92-64-59-87(60-65-92)86-48-38-35-39-49-86)109(101)97-71-61-89(82-103(97)113)100-81-90(51-37-26-20-14-6)108(83-88(100)50-36-25-19-13-5)117-105-55-43-41-53-99(105)111-107(117)74-72-96-95-70-58-85(8)80-102(95)114(112(96)111,78-46-33-29-23-17-11-3)79-47-34-30-24-18-12-4/h35,38-43,48-49,52-75,80-83H,9-34,36-37,44-47,50-51,76-79H2,1-8H3. The van der Waals surface area contributed by atoms with E-state index in [1.165, 1.54) is 353 Å². The average Bonchev–Trinajstić information content (AvgIpc) is 1.54. The summed E-state index contributed by atoms with van der Waals surface area (Å²) in [6.07, 6.45) is 48.0. The molecule has 0 amide bonds. The number of aromatic nitrogens is 2. The Balaban J connectivity index is 0.904. The maximum Gasteiger partial charge on any atom is 0.0547 e. The van der Waals surface area contributed by atoms with Gasteiger partial charge in [-0.05, 0) is 234 Å². The van der Waals surface area contributed by atoms with E-state index in [0.717, 1.165) is 29.9 Å². The van der Waals surface area contributed by atoms with Gasteiger partial charge in [-0.3, -0.25) is 0 Å². The molecule has 15 rings (SSSR count). The quantitative estimate of drug-likeness (QED) is 0.0347. The lowest BCUT2D eigenvalue weighted by Crippen LogP contribution is -2.26. The van der Waals surface area contributed by atoms with Crippen LogP contribution < -0.4 is 4.90 Å². The van der Waals surface area contributed by atoms with Gasteiger partial charge in [0, 0.05) is 60.8 Å². The topological polar surface area (TPSA) is 13.1 Å². The number of hydrogen-bond acceptors (Lipinski definition) is 1. The summed E-state index contributed by atoms with van der Waals surface area (Å²) < 4.78 is 5.42. The van der Waals surface area contributed by atoms with Gasteiger partial charge in [0.15, 0.2) is 0 Å². The van der Waals surface area contributed by atoms with Crippen LogP contribution in [0, 0.1) is 13.8 Å². The van der Waals surface area contributed by atoms with E-state index in [2.05, 4.69) is 294 Å². The lowest BCUT2D eigenvalue weighted by molar-refractivity contribution is 0.398. The molecule has 3 nitrogen and oxygen atoms in total. The van der Waals surface area contributed by atoms with Crippen molar-refractivity contribution in [2.45, 2.75) is 310 Å². The Kier molecular flexibility index (Phi) is 28.1. The molecule has 3 heteroatoms. The largest absolute Gasteiger partial charge is 0.311 e. The summed E-state index contributed by atoms with van der Waals surface area (Å²) >= 11 is 0. The van der Waals surface area contributed by atoms with Crippen LogP contribution in [0.25, 0.3) is 99.5 Å². The van der Waals surface area contributed by atoms with E-state index in [9.17, 15) is 0 Å². The van der Waals surface area contributed by atoms with Crippen LogP contribution in [-0.2, 0) is 23.7 Å². The average molecular weight is 1550 g/mol. The lowest BCUT2D eigenvalue weighted by atomic mass is 9.69. The number of anilines is 3. The van der Waals surface area contributed by atoms with E-state index in [0.29, 0.717) is 0 Å². The van der Waals surface area contributed by atoms with Gasteiger partial charge >= 0.3 is 0 Å². The van der Waals surface area contributed by atoms with Crippen LogP contribution in [0.3, 0.4) is 0 Å². The fourth-order valence-corrected chi connectivity index (χ4v) is 21.5. The Morgan fingerprint density at radius 1 is 0.274 bits per heavy atom. The van der Waals surface area contributed by atoms with Crippen molar-refractivity contribution in [3.8, 4) is 55.9 Å². The molecule has 0 N–H and O–H groups in total. The second-order valence-corrected chi connectivity index (χ2v) is 35.9. The van der Waals surface area contributed by atoms with Crippen molar-refractivity contribution in [2.75, 3.05) is 4.90 Å². The number of benzene rings is 11. The number of nitrogens with zero attached hydrogens (tertiary/aromatic N) is 3. The summed E-state index contributed by atoms with van der Waals surface area (Å²) in [6.45, 7) is 18.8. The van der Waals surface area contributed by atoms with Crippen molar-refractivity contribution < 1.29 is 0 Å². The van der Waals surface area contributed by atoms with Crippen LogP contribution in [0.4, 0.5) is 17.1 Å². The molecule has 0 radical (unpaired) electrons. The Bertz CT molecular complexity index is 5370. The summed E-state index contributed by atoms with van der Waals surface area (Å²) in [5, 5.41) is 5.69. The number of aryl methyl sites for hydroxylation is 4. The van der Waals surface area contributed by atoms with Crippen LogP contribution in [-0.4, -0.2) is 9.13 Å². The third kappa shape index (κ3) is 17.5. The van der Waals surface area contributed by atoms with Crippen LogP contribution in [0.1, 0.15) is 317 Å². The highest BCUT2D eigenvalue weighted by Crippen LogP contribution is 2.61. The SMILES string of the molecule is CCCCCCCCC1(CCCCCCCC)c2cc(-c3cc(CCCCCC)c(-n4c5ccccc5c5c6c(ccc54)-c4ccc(C)cc4C6(CCCCCCCC)CCCCCCCC)cc3CCCCCC)ccc2-c2c1ccc1c2c2ccccc2n1-c1ccc(N(c2ccc(C)cc2)c2ccc(-c3ccccc3)cc2)cc1. The first-order chi connectivity index (χ1) is 57.7. The van der Waals surface area contributed by atoms with Crippen molar-refractivity contribution in [3.63, 3.8) is 0 Å². The molecule has 608 valence electrons. The van der Waals surface area contributed by atoms with E-state index in [1.807, 2.05) is 0 Å². The molecule has 2 aliphatic rings. The van der Waals surface area contributed by atoms with Gasteiger partial charge in [-0.2, -0.15) is 0 Å². The molecule has 2 aliphatic carbocycles. The number of rotatable bonds is 45. The molecule has 2 aromatic heterocycles. The Morgan fingerprint density at radius 3 is 1.28 bits per heavy atom. The molecule has 0 bridgehead atoms. The van der Waals surface area contributed by atoms with Crippen molar-refractivity contribution in [2.24, 2.45) is 0 Å². The highest BCUT2D eigenvalue weighted by Gasteiger charge is 2.46. The predicted octanol–water partition coefficient (Wildman–Crippen LogP) is 35.1. The first kappa shape index (κ1) is 82.9. The highest BCUT2D eigenvalue weighted by molar-refractivity contribution is 6.18. The summed E-state index contributed by atoms with van der Waals surface area (Å²) in [5.41, 5.74) is 34.4. The zero-order chi connectivity index (χ0) is 80.5. The first-order valence-electron chi connectivity index (χ1n) is 47.4. The van der Waals surface area contributed by atoms with Gasteiger partial charge < -0.3 is 14.0 Å². The Hall–Kier alpha value is -9.18. The molecule has 0 fully saturated rings. The van der Waals surface area contributed by atoms with Gasteiger partial charge in [-0.1, -0.05) is 379 Å². The molecule has 11 aromatic carbocycles. The smallest absolute Gasteiger partial charge is 0.0547 e. The molecule has 0 saturated carbocycles. The second kappa shape index (κ2) is 39.6. The third-order valence-corrected chi connectivity index (χ3v) is 27.6. The maximum absolute atomic E-state index is 2.82. The molecular weight excluding hydrogens is 1410 g/mol. The monoisotopic (exact) mass is 1550 g/mol. The van der Waals surface area contributed by atoms with Crippen molar-refractivity contribution >= 4 is 60.7 Å². The summed E-state index contributed by atoms with van der Waals surface area (Å²) in [5.74, 6) is 0. The van der Waals surface area contributed by atoms with Gasteiger partial charge in [0.1, 0.15) is 0 Å². The molecule has 0 spiro atoms. The first-order valence-corrected chi connectivity index (χ1v) is 47.4. The summed E-state index contributed by atoms with van der Waals surface area (Å²) in [7, 11) is 0. The number of para-hydroxylation sites is 2. The summed E-state index contributed by atoms with van der Waals surface area (Å²) in [4.78, 5) is 2.42. The number of unbranched alkanes of at least 4 members (excludes halogenated alkanes) is 26. The van der Waals surface area contributed by atoms with Gasteiger partial charge in [0.2, 0.25) is 0 Å². The van der Waals surface area contributed by atoms with E-state index in [1.54, 1.807) is 22.3 Å². The molecular formula is C114H137N3. The minimum atomic E-state index is -0.140. The van der Waals surface area contributed by atoms with Gasteiger partial charge in [-0.25, -0.2) is 0 Å². The molecule has 2 heterocycles. The minimum Gasteiger partial charge on any atom is -0.311 e. The van der Waals surface area contributed by atoms with Gasteiger partial charge in [0.05, 0.1) is 22.1 Å². The fraction of sp³-hybridized carbons (Fsp3) is 0.421. The molecule has 0 atom stereocenters. The van der Waals surface area contributed by atoms with Crippen LogP contribution >= 0.6 is 0 Å². The second-order valence-electron chi connectivity index (χ2n) is 35.9. The normalized spacial score (nSPS) is 13.2. The number of fused-ring (bicyclic) bond motifs is 14. The molecule has 13 aromatic rings. The van der Waals surface area contributed by atoms with Crippen molar-refractivity contribution in [1.29, 1.82) is 0 Å². The van der Waals surface area contributed by atoms with Gasteiger partial charge in [0.25, 0.3) is 0 Å².